The number of rotatable bonds is 7. The van der Waals surface area contributed by atoms with E-state index in [-0.39, 0.29) is 30.3 Å². The van der Waals surface area contributed by atoms with Crippen LogP contribution in [-0.2, 0) is 14.8 Å². The second-order valence-corrected chi connectivity index (χ2v) is 10.2. The first-order chi connectivity index (χ1) is 16.3. The second kappa shape index (κ2) is 9.95. The zero-order valence-electron chi connectivity index (χ0n) is 18.8. The summed E-state index contributed by atoms with van der Waals surface area (Å²) < 4.78 is 39.6. The molecule has 1 aliphatic rings. The molecular formula is C25H25ClN2O5S. The van der Waals surface area contributed by atoms with Crippen molar-refractivity contribution in [2.45, 2.75) is 24.8 Å². The van der Waals surface area contributed by atoms with Crippen LogP contribution in [0.25, 0.3) is 0 Å². The van der Waals surface area contributed by atoms with Crippen LogP contribution in [0.15, 0.2) is 71.6 Å². The molecule has 0 radical (unpaired) electrons. The van der Waals surface area contributed by atoms with Gasteiger partial charge in [-0.3, -0.25) is 9.10 Å². The van der Waals surface area contributed by atoms with Gasteiger partial charge in [0.15, 0.2) is 6.10 Å². The maximum Gasteiger partial charge on any atom is 0.264 e. The number of amides is 1. The van der Waals surface area contributed by atoms with Gasteiger partial charge in [-0.25, -0.2) is 8.42 Å². The van der Waals surface area contributed by atoms with Crippen molar-refractivity contribution < 1.29 is 22.7 Å². The highest BCUT2D eigenvalue weighted by Crippen LogP contribution is 2.38. The molecule has 0 fully saturated rings. The first kappa shape index (κ1) is 23.9. The van der Waals surface area contributed by atoms with E-state index >= 15 is 0 Å². The number of carbonyl (C=O) groups is 1. The molecule has 3 aromatic rings. The number of sulfonamides is 1. The smallest absolute Gasteiger partial charge is 0.264 e. The number of nitrogens with zero attached hydrogens (tertiary/aromatic N) is 1. The van der Waals surface area contributed by atoms with Gasteiger partial charge in [0, 0.05) is 5.02 Å². The molecule has 1 N–H and O–H groups in total. The molecule has 3 aromatic carbocycles. The molecule has 1 amide bonds. The summed E-state index contributed by atoms with van der Waals surface area (Å²) in [6.07, 6.45) is -1.03. The number of hydrogen-bond donors (Lipinski definition) is 1. The predicted molar refractivity (Wildman–Crippen MR) is 131 cm³/mol. The fourth-order valence-electron chi connectivity index (χ4n) is 3.64. The SMILES string of the molecule is Cc1cccc(OCCNC(=O)C2CN(S(=O)(=O)c3ccccc3)c3cc(Cl)ccc3O2)c1C. The maximum absolute atomic E-state index is 13.4. The Bertz CT molecular complexity index is 1300. The Labute approximate surface area is 204 Å². The Morgan fingerprint density at radius 2 is 1.88 bits per heavy atom. The van der Waals surface area contributed by atoms with Gasteiger partial charge in [-0.2, -0.15) is 0 Å². The van der Waals surface area contributed by atoms with Gasteiger partial charge in [-0.05, 0) is 61.4 Å². The van der Waals surface area contributed by atoms with Crippen LogP contribution in [0.3, 0.4) is 0 Å². The molecule has 0 aromatic heterocycles. The van der Waals surface area contributed by atoms with Gasteiger partial charge >= 0.3 is 0 Å². The zero-order chi connectivity index (χ0) is 24.3. The Morgan fingerprint density at radius 3 is 2.65 bits per heavy atom. The monoisotopic (exact) mass is 500 g/mol. The number of carbonyl (C=O) groups excluding carboxylic acids is 1. The molecule has 7 nitrogen and oxygen atoms in total. The Hall–Kier alpha value is -3.23. The van der Waals surface area contributed by atoms with Crippen LogP contribution in [0.2, 0.25) is 5.02 Å². The zero-order valence-corrected chi connectivity index (χ0v) is 20.4. The lowest BCUT2D eigenvalue weighted by molar-refractivity contribution is -0.127. The standard InChI is InChI=1S/C25H25ClN2O5S/c1-17-7-6-10-22(18(17)2)32-14-13-27-25(29)24-16-28(21-15-19(26)11-12-23(21)33-24)34(30,31)20-8-4-3-5-9-20/h3-12,15,24H,13-14,16H2,1-2H3,(H,27,29). The third kappa shape index (κ3) is 4.98. The van der Waals surface area contributed by atoms with Crippen LogP contribution < -0.4 is 19.1 Å². The van der Waals surface area contributed by atoms with E-state index in [1.165, 1.54) is 22.5 Å². The minimum absolute atomic E-state index is 0.115. The van der Waals surface area contributed by atoms with Crippen molar-refractivity contribution in [1.29, 1.82) is 0 Å². The molecule has 0 aliphatic carbocycles. The topological polar surface area (TPSA) is 84.9 Å². The lowest BCUT2D eigenvalue weighted by atomic mass is 10.1. The van der Waals surface area contributed by atoms with Crippen molar-refractivity contribution >= 4 is 33.2 Å². The fraction of sp³-hybridized carbons (Fsp3) is 0.240. The van der Waals surface area contributed by atoms with Gasteiger partial charge in [-0.15, -0.1) is 0 Å². The number of nitrogens with one attached hydrogen (secondary N) is 1. The molecule has 1 aliphatic heterocycles. The minimum atomic E-state index is -3.94. The molecular weight excluding hydrogens is 476 g/mol. The lowest BCUT2D eigenvalue weighted by Gasteiger charge is -2.34. The number of fused-ring (bicyclic) bond motifs is 1. The maximum atomic E-state index is 13.4. The first-order valence-corrected chi connectivity index (χ1v) is 12.6. The van der Waals surface area contributed by atoms with Crippen LogP contribution in [0, 0.1) is 13.8 Å². The minimum Gasteiger partial charge on any atom is -0.491 e. The van der Waals surface area contributed by atoms with Gasteiger partial charge in [-0.1, -0.05) is 41.9 Å². The van der Waals surface area contributed by atoms with Crippen molar-refractivity contribution in [3.8, 4) is 11.5 Å². The number of anilines is 1. The lowest BCUT2D eigenvalue weighted by Crippen LogP contribution is -2.51. The summed E-state index contributed by atoms with van der Waals surface area (Å²) in [7, 11) is -3.94. The molecule has 1 unspecified atom stereocenters. The van der Waals surface area contributed by atoms with Crippen LogP contribution in [0.1, 0.15) is 11.1 Å². The quantitative estimate of drug-likeness (QED) is 0.493. The second-order valence-electron chi connectivity index (χ2n) is 7.91. The van der Waals surface area contributed by atoms with E-state index in [2.05, 4.69) is 5.32 Å². The van der Waals surface area contributed by atoms with Gasteiger partial charge < -0.3 is 14.8 Å². The predicted octanol–water partition coefficient (Wildman–Crippen LogP) is 4.11. The molecule has 4 rings (SSSR count). The number of ether oxygens (including phenoxy) is 2. The van der Waals surface area contributed by atoms with Gasteiger partial charge in [0.1, 0.15) is 18.1 Å². The number of hydrogen-bond acceptors (Lipinski definition) is 5. The van der Waals surface area contributed by atoms with Gasteiger partial charge in [0.25, 0.3) is 15.9 Å². The normalized spacial score (nSPS) is 15.3. The van der Waals surface area contributed by atoms with Crippen LogP contribution in [0.5, 0.6) is 11.5 Å². The highest BCUT2D eigenvalue weighted by atomic mass is 35.5. The van der Waals surface area contributed by atoms with Crippen LogP contribution in [0.4, 0.5) is 5.69 Å². The molecule has 0 saturated heterocycles. The fourth-order valence-corrected chi connectivity index (χ4v) is 5.29. The van der Waals surface area contributed by atoms with Crippen molar-refractivity contribution in [2.75, 3.05) is 24.0 Å². The molecule has 0 spiro atoms. The summed E-state index contributed by atoms with van der Waals surface area (Å²) in [5.74, 6) is 0.592. The molecule has 0 saturated carbocycles. The molecule has 178 valence electrons. The third-order valence-corrected chi connectivity index (χ3v) is 7.66. The highest BCUT2D eigenvalue weighted by molar-refractivity contribution is 7.92. The van der Waals surface area contributed by atoms with Crippen molar-refractivity contribution in [3.63, 3.8) is 0 Å². The van der Waals surface area contributed by atoms with E-state index in [1.807, 2.05) is 32.0 Å². The largest absolute Gasteiger partial charge is 0.491 e. The van der Waals surface area contributed by atoms with Crippen LogP contribution >= 0.6 is 11.6 Å². The first-order valence-electron chi connectivity index (χ1n) is 10.8. The number of aryl methyl sites for hydroxylation is 1. The molecule has 1 atom stereocenters. The van der Waals surface area contributed by atoms with Crippen LogP contribution in [-0.4, -0.2) is 40.1 Å². The molecule has 34 heavy (non-hydrogen) atoms. The van der Waals surface area contributed by atoms with Gasteiger partial charge in [0.05, 0.1) is 23.7 Å². The summed E-state index contributed by atoms with van der Waals surface area (Å²) in [5, 5.41) is 3.14. The molecule has 1 heterocycles. The summed E-state index contributed by atoms with van der Waals surface area (Å²) in [6, 6.07) is 18.5. The summed E-state index contributed by atoms with van der Waals surface area (Å²) in [5.41, 5.74) is 2.45. The van der Waals surface area contributed by atoms with E-state index in [1.54, 1.807) is 30.3 Å². The Morgan fingerprint density at radius 1 is 1.12 bits per heavy atom. The average Bonchev–Trinajstić information content (AvgIpc) is 2.84. The average molecular weight is 501 g/mol. The van der Waals surface area contributed by atoms with E-state index in [4.69, 9.17) is 21.1 Å². The highest BCUT2D eigenvalue weighted by Gasteiger charge is 2.37. The molecule has 9 heteroatoms. The summed E-state index contributed by atoms with van der Waals surface area (Å²) >= 11 is 6.12. The van der Waals surface area contributed by atoms with Crippen molar-refractivity contribution in [3.05, 3.63) is 82.9 Å². The Kier molecular flexibility index (Phi) is 7.00. The summed E-state index contributed by atoms with van der Waals surface area (Å²) in [6.45, 7) is 4.30. The summed E-state index contributed by atoms with van der Waals surface area (Å²) in [4.78, 5) is 13.0. The van der Waals surface area contributed by atoms with E-state index < -0.39 is 22.0 Å². The number of benzene rings is 3. The molecule has 0 bridgehead atoms. The van der Waals surface area contributed by atoms with Crippen molar-refractivity contribution in [1.82, 2.24) is 5.32 Å². The van der Waals surface area contributed by atoms with E-state index in [0.29, 0.717) is 10.7 Å². The van der Waals surface area contributed by atoms with Gasteiger partial charge in [0.2, 0.25) is 0 Å². The van der Waals surface area contributed by atoms with E-state index in [0.717, 1.165) is 16.9 Å². The third-order valence-electron chi connectivity index (χ3n) is 5.63. The van der Waals surface area contributed by atoms with Crippen molar-refractivity contribution in [2.24, 2.45) is 0 Å². The van der Waals surface area contributed by atoms with E-state index in [9.17, 15) is 13.2 Å². The Balaban J connectivity index is 1.48. The number of halogens is 1.